The van der Waals surface area contributed by atoms with Gasteiger partial charge in [0.15, 0.2) is 0 Å². The van der Waals surface area contributed by atoms with E-state index in [4.69, 9.17) is 0 Å². The van der Waals surface area contributed by atoms with E-state index in [1.807, 2.05) is 6.07 Å². The summed E-state index contributed by atoms with van der Waals surface area (Å²) in [5.74, 6) is 0.415. The number of halogens is 3. The lowest BCUT2D eigenvalue weighted by Crippen LogP contribution is -2.28. The Bertz CT molecular complexity index is 1250. The Balaban J connectivity index is 1.56. The minimum Gasteiger partial charge on any atom is -0.345 e. The van der Waals surface area contributed by atoms with Crippen LogP contribution in [0.4, 0.5) is 19.1 Å². The van der Waals surface area contributed by atoms with Crippen molar-refractivity contribution in [2.45, 2.75) is 56.4 Å². The number of nitrogens with one attached hydrogen (secondary N) is 1. The molecule has 1 atom stereocenters. The smallest absolute Gasteiger partial charge is 0.345 e. The monoisotopic (exact) mass is 441 g/mol. The van der Waals surface area contributed by atoms with Gasteiger partial charge in [-0.05, 0) is 38.7 Å². The molecule has 1 spiro atoms. The average Bonchev–Trinajstić information content (AvgIpc) is 3.14. The summed E-state index contributed by atoms with van der Waals surface area (Å²) in [6.07, 6.45) is 2.10. The molecule has 0 amide bonds. The van der Waals surface area contributed by atoms with Gasteiger partial charge in [0, 0.05) is 23.3 Å². The van der Waals surface area contributed by atoms with E-state index in [1.165, 1.54) is 12.4 Å². The van der Waals surface area contributed by atoms with Crippen molar-refractivity contribution in [2.24, 2.45) is 5.18 Å². The maximum absolute atomic E-state index is 13.2. The van der Waals surface area contributed by atoms with Gasteiger partial charge >= 0.3 is 6.18 Å². The number of nitriles is 1. The molecule has 164 valence electrons. The molecule has 0 radical (unpaired) electrons. The Hall–Kier alpha value is -3.55. The first-order valence-corrected chi connectivity index (χ1v) is 10.2. The molecular weight excluding hydrogens is 423 g/mol. The molecule has 4 heterocycles. The van der Waals surface area contributed by atoms with E-state index in [1.54, 1.807) is 0 Å². The minimum absolute atomic E-state index is 0.150. The number of anilines is 1. The second-order valence-electron chi connectivity index (χ2n) is 8.35. The number of aromatic nitrogens is 4. The lowest BCUT2D eigenvalue weighted by molar-refractivity contribution is -0.137. The zero-order valence-corrected chi connectivity index (χ0v) is 17.0. The van der Waals surface area contributed by atoms with Crippen LogP contribution < -0.4 is 4.90 Å². The molecule has 2 fully saturated rings. The van der Waals surface area contributed by atoms with E-state index in [0.717, 1.165) is 25.1 Å². The van der Waals surface area contributed by atoms with Crippen molar-refractivity contribution >= 4 is 17.0 Å². The van der Waals surface area contributed by atoms with Crippen LogP contribution in [-0.4, -0.2) is 37.6 Å². The van der Waals surface area contributed by atoms with Crippen LogP contribution in [0.15, 0.2) is 29.8 Å². The summed E-state index contributed by atoms with van der Waals surface area (Å²) in [4.78, 5) is 28.6. The van der Waals surface area contributed by atoms with E-state index < -0.39 is 11.7 Å². The minimum atomic E-state index is -4.54. The van der Waals surface area contributed by atoms with Gasteiger partial charge in [-0.25, -0.2) is 15.0 Å². The number of alkyl halides is 3. The van der Waals surface area contributed by atoms with Crippen LogP contribution in [0.3, 0.4) is 0 Å². The van der Waals surface area contributed by atoms with Crippen molar-refractivity contribution in [3.05, 3.63) is 40.7 Å². The Kier molecular flexibility index (Phi) is 4.44. The molecular formula is C21H18F3N7O. The predicted molar refractivity (Wildman–Crippen MR) is 110 cm³/mol. The van der Waals surface area contributed by atoms with Gasteiger partial charge in [0.1, 0.15) is 11.7 Å². The van der Waals surface area contributed by atoms with Gasteiger partial charge in [-0.15, -0.1) is 0 Å². The third-order valence-electron chi connectivity index (χ3n) is 6.77. The lowest BCUT2D eigenvalue weighted by Gasteiger charge is -2.25. The van der Waals surface area contributed by atoms with Gasteiger partial charge in [0.25, 0.3) is 0 Å². The SMILES string of the molecule is C[C@H]1N(c2ncc(C#N)c(-c3c[nH]c4ncc(C(F)(F)F)cc34)n2)[C@]12CC[C@H](N=O)CC2. The summed E-state index contributed by atoms with van der Waals surface area (Å²) >= 11 is 0. The van der Waals surface area contributed by atoms with Gasteiger partial charge in [-0.2, -0.15) is 23.3 Å². The van der Waals surface area contributed by atoms with Crippen LogP contribution in [0.1, 0.15) is 43.7 Å². The van der Waals surface area contributed by atoms with Crippen LogP contribution in [0.5, 0.6) is 0 Å². The fourth-order valence-corrected chi connectivity index (χ4v) is 4.90. The first-order chi connectivity index (χ1) is 15.3. The molecule has 2 aliphatic rings. The molecule has 3 aromatic rings. The van der Waals surface area contributed by atoms with Crippen LogP contribution in [0.2, 0.25) is 0 Å². The molecule has 0 bridgehead atoms. The van der Waals surface area contributed by atoms with E-state index in [9.17, 15) is 23.3 Å². The average molecular weight is 441 g/mol. The summed E-state index contributed by atoms with van der Waals surface area (Å²) in [6, 6.07) is 3.01. The summed E-state index contributed by atoms with van der Waals surface area (Å²) in [5, 5.41) is 13.0. The molecule has 1 N–H and O–H groups in total. The lowest BCUT2D eigenvalue weighted by atomic mass is 9.84. The molecule has 1 aliphatic carbocycles. The third kappa shape index (κ3) is 3.01. The van der Waals surface area contributed by atoms with E-state index >= 15 is 0 Å². The number of pyridine rings is 1. The van der Waals surface area contributed by atoms with Crippen molar-refractivity contribution in [1.29, 1.82) is 5.26 Å². The Labute approximate surface area is 180 Å². The Morgan fingerprint density at radius 1 is 1.28 bits per heavy atom. The fourth-order valence-electron chi connectivity index (χ4n) is 4.90. The number of fused-ring (bicyclic) bond motifs is 1. The summed E-state index contributed by atoms with van der Waals surface area (Å²) < 4.78 is 39.7. The largest absolute Gasteiger partial charge is 0.417 e. The zero-order chi connectivity index (χ0) is 22.7. The quantitative estimate of drug-likeness (QED) is 0.471. The topological polar surface area (TPSA) is 111 Å². The summed E-state index contributed by atoms with van der Waals surface area (Å²) in [5.41, 5.74) is 0.00626. The van der Waals surface area contributed by atoms with Gasteiger partial charge in [0.05, 0.1) is 40.6 Å². The molecule has 5 rings (SSSR count). The van der Waals surface area contributed by atoms with Crippen LogP contribution in [0, 0.1) is 16.2 Å². The highest BCUT2D eigenvalue weighted by atomic mass is 19.4. The van der Waals surface area contributed by atoms with Crippen molar-refractivity contribution in [2.75, 3.05) is 4.90 Å². The number of aromatic amines is 1. The molecule has 0 unspecified atom stereocenters. The maximum atomic E-state index is 13.2. The molecule has 1 saturated carbocycles. The van der Waals surface area contributed by atoms with Crippen LogP contribution >= 0.6 is 0 Å². The molecule has 1 saturated heterocycles. The third-order valence-corrected chi connectivity index (χ3v) is 6.77. The highest BCUT2D eigenvalue weighted by Gasteiger charge is 2.61. The van der Waals surface area contributed by atoms with Crippen molar-refractivity contribution < 1.29 is 13.2 Å². The Morgan fingerprint density at radius 2 is 2.03 bits per heavy atom. The van der Waals surface area contributed by atoms with Gasteiger partial charge in [-0.1, -0.05) is 5.18 Å². The number of H-pyrrole nitrogens is 1. The van der Waals surface area contributed by atoms with Crippen molar-refractivity contribution in [3.63, 3.8) is 0 Å². The van der Waals surface area contributed by atoms with Crippen molar-refractivity contribution in [1.82, 2.24) is 19.9 Å². The zero-order valence-electron chi connectivity index (χ0n) is 17.0. The highest BCUT2D eigenvalue weighted by molar-refractivity contribution is 5.94. The predicted octanol–water partition coefficient (Wildman–Crippen LogP) is 4.57. The first kappa shape index (κ1) is 20.4. The standard InChI is InChI=1S/C21H18F3N7O/c1-11-20(4-2-14(30-32)3-5-20)31(11)19-28-8-12(7-25)17(29-19)16-10-27-18-15(16)6-13(9-26-18)21(22,23)24/h6,8-11,14H,2-5H2,1H3,(H,26,27)/t11-,14-,20-,31?/m1/s1. The summed E-state index contributed by atoms with van der Waals surface area (Å²) in [7, 11) is 0. The highest BCUT2D eigenvalue weighted by Crippen LogP contribution is 2.53. The van der Waals surface area contributed by atoms with E-state index in [0.29, 0.717) is 24.4 Å². The fraction of sp³-hybridized carbons (Fsp3) is 0.429. The first-order valence-electron chi connectivity index (χ1n) is 10.2. The number of nitrogens with zero attached hydrogens (tertiary/aromatic N) is 6. The van der Waals surface area contributed by atoms with Gasteiger partial charge in [0.2, 0.25) is 5.95 Å². The van der Waals surface area contributed by atoms with Gasteiger partial charge < -0.3 is 9.88 Å². The number of hydrogen-bond donors (Lipinski definition) is 1. The van der Waals surface area contributed by atoms with Gasteiger partial charge in [-0.3, -0.25) is 0 Å². The van der Waals surface area contributed by atoms with Crippen molar-refractivity contribution in [3.8, 4) is 17.3 Å². The second-order valence-corrected chi connectivity index (χ2v) is 8.35. The molecule has 32 heavy (non-hydrogen) atoms. The van der Waals surface area contributed by atoms with E-state index in [-0.39, 0.29) is 39.9 Å². The van der Waals surface area contributed by atoms with E-state index in [2.05, 4.69) is 36.9 Å². The Morgan fingerprint density at radius 3 is 2.69 bits per heavy atom. The molecule has 0 aromatic carbocycles. The summed E-state index contributed by atoms with van der Waals surface area (Å²) in [6.45, 7) is 2.06. The van der Waals surface area contributed by atoms with Crippen LogP contribution in [0.25, 0.3) is 22.3 Å². The molecule has 3 aromatic heterocycles. The maximum Gasteiger partial charge on any atom is 0.417 e. The normalized spacial score (nSPS) is 25.2. The van der Waals surface area contributed by atoms with Crippen LogP contribution in [-0.2, 0) is 6.18 Å². The second kappa shape index (κ2) is 6.98. The number of nitroso groups, excluding NO2 is 1. The number of hydrogen-bond acceptors (Lipinski definition) is 7. The molecule has 11 heteroatoms. The number of rotatable bonds is 3. The molecule has 8 nitrogen and oxygen atoms in total. The molecule has 1 aliphatic heterocycles.